The lowest BCUT2D eigenvalue weighted by molar-refractivity contribution is -0.128. The summed E-state index contributed by atoms with van der Waals surface area (Å²) < 4.78 is 0. The zero-order chi connectivity index (χ0) is 21.8. The number of benzene rings is 1. The number of rotatable bonds is 5. The highest BCUT2D eigenvalue weighted by atomic mass is 16.3. The van der Waals surface area contributed by atoms with E-state index in [1.807, 2.05) is 4.90 Å². The minimum Gasteiger partial charge on any atom is -0.396 e. The molecule has 2 saturated heterocycles. The second-order valence-corrected chi connectivity index (χ2v) is 8.91. The number of aliphatic hydroxyl groups is 1. The van der Waals surface area contributed by atoms with Crippen molar-refractivity contribution in [2.75, 3.05) is 44.2 Å². The lowest BCUT2D eigenvalue weighted by Crippen LogP contribution is -2.40. The molecular weight excluding hydrogens is 390 g/mol. The number of aliphatic hydroxyl groups excluding tert-OH is 1. The Balaban J connectivity index is 1.66. The molecule has 7 heteroatoms. The summed E-state index contributed by atoms with van der Waals surface area (Å²) in [4.78, 5) is 28.6. The monoisotopic (exact) mass is 425 g/mol. The van der Waals surface area contributed by atoms with Gasteiger partial charge in [0.25, 0.3) is 0 Å². The molecule has 168 valence electrons. The van der Waals surface area contributed by atoms with Gasteiger partial charge in [0, 0.05) is 51.1 Å². The third kappa shape index (κ3) is 4.99. The van der Waals surface area contributed by atoms with Crippen LogP contribution in [0.5, 0.6) is 0 Å². The molecule has 1 aromatic heterocycles. The molecule has 3 heterocycles. The van der Waals surface area contributed by atoms with Crippen LogP contribution in [0, 0.1) is 6.92 Å². The van der Waals surface area contributed by atoms with Crippen LogP contribution in [0.25, 0.3) is 10.9 Å². The molecule has 1 aromatic carbocycles. The molecule has 2 fully saturated rings. The number of hydrogen-bond donors (Lipinski definition) is 1. The van der Waals surface area contributed by atoms with Crippen LogP contribution in [0.4, 0.5) is 5.82 Å². The van der Waals surface area contributed by atoms with Crippen LogP contribution < -0.4 is 4.90 Å². The number of amides is 1. The van der Waals surface area contributed by atoms with E-state index in [1.165, 1.54) is 12.8 Å². The summed E-state index contributed by atoms with van der Waals surface area (Å²) in [6, 6.07) is 6.70. The average Bonchev–Trinajstić information content (AvgIpc) is 3.02. The zero-order valence-corrected chi connectivity index (χ0v) is 18.9. The van der Waals surface area contributed by atoms with Crippen LogP contribution in [-0.2, 0) is 11.3 Å². The van der Waals surface area contributed by atoms with Crippen molar-refractivity contribution in [3.8, 4) is 0 Å². The van der Waals surface area contributed by atoms with Crippen molar-refractivity contribution in [2.45, 2.75) is 58.5 Å². The van der Waals surface area contributed by atoms with Crippen molar-refractivity contribution in [1.29, 1.82) is 0 Å². The number of para-hydroxylation sites is 1. The summed E-state index contributed by atoms with van der Waals surface area (Å²) in [5, 5.41) is 10.6. The second-order valence-electron chi connectivity index (χ2n) is 8.91. The van der Waals surface area contributed by atoms with Crippen molar-refractivity contribution in [3.05, 3.63) is 29.6 Å². The Morgan fingerprint density at radius 3 is 2.77 bits per heavy atom. The van der Waals surface area contributed by atoms with E-state index in [2.05, 4.69) is 34.9 Å². The molecule has 0 radical (unpaired) electrons. The molecule has 1 amide bonds. The van der Waals surface area contributed by atoms with E-state index < -0.39 is 0 Å². The predicted octanol–water partition coefficient (Wildman–Crippen LogP) is 2.73. The molecule has 1 atom stereocenters. The number of hydrogen-bond acceptors (Lipinski definition) is 6. The van der Waals surface area contributed by atoms with Crippen LogP contribution in [0.15, 0.2) is 18.2 Å². The van der Waals surface area contributed by atoms with Gasteiger partial charge < -0.3 is 14.9 Å². The van der Waals surface area contributed by atoms with Crippen LogP contribution in [0.1, 0.15) is 50.4 Å². The molecule has 2 aliphatic heterocycles. The number of carbonyl (C=O) groups is 1. The molecule has 1 N–H and O–H groups in total. The summed E-state index contributed by atoms with van der Waals surface area (Å²) in [6.07, 6.45) is 5.30. The summed E-state index contributed by atoms with van der Waals surface area (Å²) in [5.41, 5.74) is 2.18. The van der Waals surface area contributed by atoms with E-state index in [1.54, 1.807) is 6.92 Å². The van der Waals surface area contributed by atoms with Gasteiger partial charge in [-0.05, 0) is 50.8 Å². The van der Waals surface area contributed by atoms with E-state index in [4.69, 9.17) is 9.97 Å². The smallest absolute Gasteiger partial charge is 0.219 e. The van der Waals surface area contributed by atoms with Gasteiger partial charge in [0.2, 0.25) is 5.91 Å². The first kappa shape index (κ1) is 22.0. The molecule has 1 unspecified atom stereocenters. The summed E-state index contributed by atoms with van der Waals surface area (Å²) in [7, 11) is 0. The van der Waals surface area contributed by atoms with E-state index in [-0.39, 0.29) is 12.5 Å². The number of carbonyl (C=O) groups excluding carboxylic acids is 1. The van der Waals surface area contributed by atoms with Crippen molar-refractivity contribution >= 4 is 22.6 Å². The van der Waals surface area contributed by atoms with Crippen molar-refractivity contribution in [1.82, 2.24) is 19.8 Å². The third-order valence-electron chi connectivity index (χ3n) is 6.75. The molecule has 0 aliphatic carbocycles. The van der Waals surface area contributed by atoms with E-state index >= 15 is 0 Å². The van der Waals surface area contributed by atoms with Gasteiger partial charge >= 0.3 is 0 Å². The Hall–Kier alpha value is -2.25. The predicted molar refractivity (Wildman–Crippen MR) is 123 cm³/mol. The molecule has 2 aromatic rings. The van der Waals surface area contributed by atoms with Gasteiger partial charge in [-0.25, -0.2) is 9.97 Å². The Labute approximate surface area is 185 Å². The molecular formula is C24H35N5O2. The van der Waals surface area contributed by atoms with Crippen LogP contribution in [0.3, 0.4) is 0 Å². The molecule has 0 spiro atoms. The molecule has 7 nitrogen and oxygen atoms in total. The minimum absolute atomic E-state index is 0.144. The number of aryl methyl sites for hydroxylation is 1. The first-order valence-electron chi connectivity index (χ1n) is 11.7. The zero-order valence-electron chi connectivity index (χ0n) is 18.9. The van der Waals surface area contributed by atoms with Crippen molar-refractivity contribution < 1.29 is 9.90 Å². The van der Waals surface area contributed by atoms with Crippen LogP contribution in [-0.4, -0.2) is 76.2 Å². The Morgan fingerprint density at radius 1 is 1.10 bits per heavy atom. The summed E-state index contributed by atoms with van der Waals surface area (Å²) in [5.74, 6) is 1.99. The van der Waals surface area contributed by atoms with Crippen molar-refractivity contribution in [3.63, 3.8) is 0 Å². The Kier molecular flexibility index (Phi) is 7.02. The van der Waals surface area contributed by atoms with Gasteiger partial charge in [0.15, 0.2) is 0 Å². The van der Waals surface area contributed by atoms with E-state index in [0.717, 1.165) is 86.6 Å². The number of aromatic nitrogens is 2. The normalized spacial score (nSPS) is 20.8. The van der Waals surface area contributed by atoms with Gasteiger partial charge in [0.1, 0.15) is 11.6 Å². The molecule has 0 saturated carbocycles. The summed E-state index contributed by atoms with van der Waals surface area (Å²) in [6.45, 7) is 8.95. The van der Waals surface area contributed by atoms with Gasteiger partial charge in [-0.2, -0.15) is 0 Å². The maximum atomic E-state index is 11.9. The second kappa shape index (κ2) is 9.92. The van der Waals surface area contributed by atoms with E-state index in [0.29, 0.717) is 6.04 Å². The van der Waals surface area contributed by atoms with Gasteiger partial charge in [-0.3, -0.25) is 9.69 Å². The first-order valence-corrected chi connectivity index (χ1v) is 11.7. The van der Waals surface area contributed by atoms with E-state index in [9.17, 15) is 9.90 Å². The van der Waals surface area contributed by atoms with Crippen LogP contribution in [0.2, 0.25) is 0 Å². The quantitative estimate of drug-likeness (QED) is 0.794. The Morgan fingerprint density at radius 2 is 1.97 bits per heavy atom. The SMILES string of the molecule is CC(=O)N1CCCN(c2nc(CN3CCCCC3CCO)nc3c(C)cccc23)CC1. The van der Waals surface area contributed by atoms with Gasteiger partial charge in [-0.1, -0.05) is 18.6 Å². The number of fused-ring (bicyclic) bond motifs is 1. The number of piperidine rings is 1. The average molecular weight is 426 g/mol. The maximum absolute atomic E-state index is 11.9. The number of anilines is 1. The molecule has 2 aliphatic rings. The van der Waals surface area contributed by atoms with Crippen LogP contribution >= 0.6 is 0 Å². The number of likely N-dealkylation sites (tertiary alicyclic amines) is 1. The third-order valence-corrected chi connectivity index (χ3v) is 6.75. The topological polar surface area (TPSA) is 72.8 Å². The van der Waals surface area contributed by atoms with Gasteiger partial charge in [0.05, 0.1) is 12.1 Å². The van der Waals surface area contributed by atoms with Gasteiger partial charge in [-0.15, -0.1) is 0 Å². The fourth-order valence-corrected chi connectivity index (χ4v) is 5.01. The Bertz CT molecular complexity index is 916. The maximum Gasteiger partial charge on any atom is 0.219 e. The fourth-order valence-electron chi connectivity index (χ4n) is 5.01. The largest absolute Gasteiger partial charge is 0.396 e. The fraction of sp³-hybridized carbons (Fsp3) is 0.625. The highest BCUT2D eigenvalue weighted by Crippen LogP contribution is 2.28. The summed E-state index contributed by atoms with van der Waals surface area (Å²) >= 11 is 0. The molecule has 0 bridgehead atoms. The lowest BCUT2D eigenvalue weighted by atomic mass is 9.99. The molecule has 31 heavy (non-hydrogen) atoms. The molecule has 4 rings (SSSR count). The first-order chi connectivity index (χ1) is 15.1. The highest BCUT2D eigenvalue weighted by Gasteiger charge is 2.25. The minimum atomic E-state index is 0.144. The number of nitrogens with zero attached hydrogens (tertiary/aromatic N) is 5. The van der Waals surface area contributed by atoms with Crippen molar-refractivity contribution in [2.24, 2.45) is 0 Å². The standard InChI is InChI=1S/C24H35N5O2/c1-18-7-5-9-21-23(18)25-22(17-29-11-4-3-8-20(29)10-16-30)26-24(21)28-13-6-12-27(14-15-28)19(2)31/h5,7,9,20,30H,3-4,6,8,10-17H2,1-2H3. The lowest BCUT2D eigenvalue weighted by Gasteiger charge is -2.35. The highest BCUT2D eigenvalue weighted by molar-refractivity contribution is 5.91.